The molecule has 0 aliphatic carbocycles. The number of aromatic nitrogens is 2. The van der Waals surface area contributed by atoms with Crippen LogP contribution in [0, 0.1) is 0 Å². The van der Waals surface area contributed by atoms with Crippen molar-refractivity contribution in [1.29, 1.82) is 0 Å². The quantitative estimate of drug-likeness (QED) is 0.650. The summed E-state index contributed by atoms with van der Waals surface area (Å²) >= 11 is 0. The summed E-state index contributed by atoms with van der Waals surface area (Å²) in [5, 5.41) is 0. The molecule has 0 fully saturated rings. The van der Waals surface area contributed by atoms with Crippen molar-refractivity contribution in [3.63, 3.8) is 0 Å². The fourth-order valence-electron chi connectivity index (χ4n) is 2.52. The van der Waals surface area contributed by atoms with E-state index in [1.807, 2.05) is 0 Å². The minimum Gasteiger partial charge on any atom is -0.381 e. The molecule has 1 heterocycles. The van der Waals surface area contributed by atoms with Crippen molar-refractivity contribution in [3.8, 4) is 0 Å². The van der Waals surface area contributed by atoms with Crippen molar-refractivity contribution in [1.82, 2.24) is 4.57 Å². The monoisotopic (exact) mass is 267 g/mol. The van der Waals surface area contributed by atoms with Crippen molar-refractivity contribution in [3.05, 3.63) is 66.5 Å². The molecule has 0 spiro atoms. The molecule has 2 aromatic carbocycles. The topological polar surface area (TPSA) is 18.0 Å². The summed E-state index contributed by atoms with van der Waals surface area (Å²) in [5.74, 6) is 0. The Labute approximate surface area is 119 Å². The van der Waals surface area contributed by atoms with Gasteiger partial charge in [-0.3, -0.25) is 0 Å². The van der Waals surface area contributed by atoms with Gasteiger partial charge in [0.25, 0.3) is 0 Å². The maximum atomic E-state index is 5.19. The van der Waals surface area contributed by atoms with E-state index >= 15 is 0 Å². The third-order valence-corrected chi connectivity index (χ3v) is 3.51. The minimum atomic E-state index is 0.726. The molecule has 3 nitrogen and oxygen atoms in total. The highest BCUT2D eigenvalue weighted by atomic mass is 16.5. The molecule has 3 rings (SSSR count). The van der Waals surface area contributed by atoms with E-state index in [0.717, 1.165) is 19.7 Å². The van der Waals surface area contributed by atoms with E-state index in [0.29, 0.717) is 0 Å². The van der Waals surface area contributed by atoms with Crippen LogP contribution >= 0.6 is 0 Å². The molecule has 20 heavy (non-hydrogen) atoms. The van der Waals surface area contributed by atoms with Gasteiger partial charge in [0.2, 0.25) is 6.33 Å². The second-order valence-electron chi connectivity index (χ2n) is 4.90. The lowest BCUT2D eigenvalue weighted by Crippen LogP contribution is -2.32. The molecule has 0 unspecified atom stereocenters. The fraction of sp³-hybridized carbons (Fsp3) is 0.235. The van der Waals surface area contributed by atoms with E-state index in [-0.39, 0.29) is 0 Å². The van der Waals surface area contributed by atoms with Gasteiger partial charge >= 0.3 is 0 Å². The van der Waals surface area contributed by atoms with Crippen LogP contribution in [-0.2, 0) is 17.8 Å². The molecular formula is C17H19N2O+. The lowest BCUT2D eigenvalue weighted by molar-refractivity contribution is -0.663. The Hall–Kier alpha value is -2.13. The molecule has 0 saturated carbocycles. The van der Waals surface area contributed by atoms with E-state index in [4.69, 9.17) is 4.74 Å². The molecule has 0 N–H and O–H groups in total. The molecule has 0 aliphatic heterocycles. The van der Waals surface area contributed by atoms with E-state index in [1.165, 1.54) is 16.6 Å². The number of ether oxygens (including phenoxy) is 1. The van der Waals surface area contributed by atoms with Crippen molar-refractivity contribution < 1.29 is 9.30 Å². The molecule has 3 aromatic rings. The summed E-state index contributed by atoms with van der Waals surface area (Å²) in [7, 11) is 1.74. The smallest absolute Gasteiger partial charge is 0.245 e. The van der Waals surface area contributed by atoms with Gasteiger partial charge in [0.15, 0.2) is 11.0 Å². The first kappa shape index (κ1) is 12.9. The number of hydrogen-bond acceptors (Lipinski definition) is 1. The molecular weight excluding hydrogens is 248 g/mol. The van der Waals surface area contributed by atoms with Crippen LogP contribution in [0.5, 0.6) is 0 Å². The number of imidazole rings is 1. The van der Waals surface area contributed by atoms with Gasteiger partial charge in [0, 0.05) is 7.11 Å². The van der Waals surface area contributed by atoms with Crippen LogP contribution < -0.4 is 4.57 Å². The molecule has 0 aliphatic rings. The summed E-state index contributed by atoms with van der Waals surface area (Å²) in [6, 6.07) is 19.0. The summed E-state index contributed by atoms with van der Waals surface area (Å²) in [6.07, 6.45) is 2.18. The molecule has 0 radical (unpaired) electrons. The first-order valence-corrected chi connectivity index (χ1v) is 6.88. The number of methoxy groups -OCH3 is 1. The average molecular weight is 267 g/mol. The standard InChI is InChI=1S/C17H19N2O/c1-20-12-11-18-14-19(13-15-7-3-2-4-8-15)17-10-6-5-9-16(17)18/h2-10,14H,11-13H2,1H3/q+1. The van der Waals surface area contributed by atoms with Crippen LogP contribution in [0.15, 0.2) is 60.9 Å². The average Bonchev–Trinajstić information content (AvgIpc) is 2.85. The molecule has 0 amide bonds. The maximum Gasteiger partial charge on any atom is 0.245 e. The second-order valence-corrected chi connectivity index (χ2v) is 4.90. The van der Waals surface area contributed by atoms with Crippen molar-refractivity contribution >= 4 is 11.0 Å². The molecule has 3 heteroatoms. The van der Waals surface area contributed by atoms with Gasteiger partial charge in [-0.15, -0.1) is 0 Å². The summed E-state index contributed by atoms with van der Waals surface area (Å²) in [6.45, 7) is 2.49. The van der Waals surface area contributed by atoms with Gasteiger partial charge in [0.1, 0.15) is 13.1 Å². The Morgan fingerprint density at radius 1 is 1.00 bits per heavy atom. The Morgan fingerprint density at radius 3 is 2.55 bits per heavy atom. The van der Waals surface area contributed by atoms with Crippen LogP contribution in [0.2, 0.25) is 0 Å². The molecule has 1 aromatic heterocycles. The maximum absolute atomic E-state index is 5.19. The summed E-state index contributed by atoms with van der Waals surface area (Å²) < 4.78 is 9.74. The molecule has 102 valence electrons. The Morgan fingerprint density at radius 2 is 1.75 bits per heavy atom. The molecule has 0 bridgehead atoms. The van der Waals surface area contributed by atoms with E-state index in [9.17, 15) is 0 Å². The predicted octanol–water partition coefficient (Wildman–Crippen LogP) is 2.62. The normalized spacial score (nSPS) is 11.1. The lowest BCUT2D eigenvalue weighted by Gasteiger charge is -1.98. The van der Waals surface area contributed by atoms with E-state index in [2.05, 4.69) is 70.1 Å². The van der Waals surface area contributed by atoms with Crippen LogP contribution in [-0.4, -0.2) is 18.3 Å². The van der Waals surface area contributed by atoms with Crippen molar-refractivity contribution in [2.24, 2.45) is 0 Å². The van der Waals surface area contributed by atoms with Gasteiger partial charge in [-0.1, -0.05) is 42.5 Å². The van der Waals surface area contributed by atoms with Gasteiger partial charge in [-0.25, -0.2) is 9.13 Å². The van der Waals surface area contributed by atoms with Crippen LogP contribution in [0.3, 0.4) is 0 Å². The highest BCUT2D eigenvalue weighted by molar-refractivity contribution is 5.71. The van der Waals surface area contributed by atoms with Crippen molar-refractivity contribution in [2.45, 2.75) is 13.1 Å². The number of fused-ring (bicyclic) bond motifs is 1. The molecule has 0 saturated heterocycles. The molecule has 0 atom stereocenters. The Kier molecular flexibility index (Phi) is 3.79. The summed E-state index contributed by atoms with van der Waals surface area (Å²) in [5.41, 5.74) is 3.82. The van der Waals surface area contributed by atoms with Gasteiger partial charge in [-0.2, -0.15) is 0 Å². The SMILES string of the molecule is COCCn1c[n+](Cc2ccccc2)c2ccccc21. The van der Waals surface area contributed by atoms with Crippen LogP contribution in [0.1, 0.15) is 5.56 Å². The zero-order valence-corrected chi connectivity index (χ0v) is 11.7. The number of para-hydroxylation sites is 2. The van der Waals surface area contributed by atoms with Gasteiger partial charge in [-0.05, 0) is 17.7 Å². The Balaban J connectivity index is 1.98. The first-order chi connectivity index (χ1) is 9.88. The number of hydrogen-bond donors (Lipinski definition) is 0. The van der Waals surface area contributed by atoms with Gasteiger partial charge in [0.05, 0.1) is 6.61 Å². The van der Waals surface area contributed by atoms with Crippen molar-refractivity contribution in [2.75, 3.05) is 13.7 Å². The third kappa shape index (κ3) is 2.58. The largest absolute Gasteiger partial charge is 0.381 e. The lowest BCUT2D eigenvalue weighted by atomic mass is 10.2. The van der Waals surface area contributed by atoms with E-state index < -0.39 is 0 Å². The highest BCUT2D eigenvalue weighted by Crippen LogP contribution is 2.11. The van der Waals surface area contributed by atoms with Crippen LogP contribution in [0.4, 0.5) is 0 Å². The van der Waals surface area contributed by atoms with Crippen LogP contribution in [0.25, 0.3) is 11.0 Å². The fourth-order valence-corrected chi connectivity index (χ4v) is 2.52. The van der Waals surface area contributed by atoms with E-state index in [1.54, 1.807) is 7.11 Å². The number of benzene rings is 2. The first-order valence-electron chi connectivity index (χ1n) is 6.88. The third-order valence-electron chi connectivity index (χ3n) is 3.51. The number of rotatable bonds is 5. The minimum absolute atomic E-state index is 0.726. The second kappa shape index (κ2) is 5.88. The Bertz CT molecular complexity index is 689. The predicted molar refractivity (Wildman–Crippen MR) is 79.6 cm³/mol. The zero-order valence-electron chi connectivity index (χ0n) is 11.7. The summed E-state index contributed by atoms with van der Waals surface area (Å²) in [4.78, 5) is 0. The van der Waals surface area contributed by atoms with Gasteiger partial charge < -0.3 is 4.74 Å². The zero-order chi connectivity index (χ0) is 13.8. The highest BCUT2D eigenvalue weighted by Gasteiger charge is 2.14. The number of nitrogens with zero attached hydrogens (tertiary/aromatic N) is 2.